The first-order valence-corrected chi connectivity index (χ1v) is 10.2. The largest absolute Gasteiger partial charge is 0.325 e. The van der Waals surface area contributed by atoms with Crippen LogP contribution >= 0.6 is 11.3 Å². The van der Waals surface area contributed by atoms with E-state index >= 15 is 0 Å². The van der Waals surface area contributed by atoms with Crippen LogP contribution in [-0.2, 0) is 21.2 Å². The van der Waals surface area contributed by atoms with Crippen LogP contribution in [0.5, 0.6) is 0 Å². The highest BCUT2D eigenvalue weighted by atomic mass is 32.2. The lowest BCUT2D eigenvalue weighted by atomic mass is 10.0. The van der Waals surface area contributed by atoms with Gasteiger partial charge >= 0.3 is 0 Å². The van der Waals surface area contributed by atoms with Crippen molar-refractivity contribution in [1.29, 1.82) is 0 Å². The molecule has 0 saturated heterocycles. The fraction of sp³-hybridized carbons (Fsp3) is 0.353. The van der Waals surface area contributed by atoms with Crippen LogP contribution in [0.3, 0.4) is 0 Å². The molecule has 0 bridgehead atoms. The van der Waals surface area contributed by atoms with Gasteiger partial charge in [0, 0.05) is 5.69 Å². The smallest absolute Gasteiger partial charge is 0.250 e. The van der Waals surface area contributed by atoms with Crippen molar-refractivity contribution in [2.75, 3.05) is 5.32 Å². The molecule has 2 rings (SSSR count). The van der Waals surface area contributed by atoms with Crippen LogP contribution in [0.4, 0.5) is 5.69 Å². The minimum absolute atomic E-state index is 0.186. The van der Waals surface area contributed by atoms with Crippen molar-refractivity contribution >= 4 is 33.0 Å². The molecule has 24 heavy (non-hydrogen) atoms. The number of rotatable bonds is 7. The van der Waals surface area contributed by atoms with E-state index in [4.69, 9.17) is 0 Å². The van der Waals surface area contributed by atoms with Gasteiger partial charge in [0.1, 0.15) is 10.3 Å². The first-order valence-electron chi connectivity index (χ1n) is 7.79. The first kappa shape index (κ1) is 18.6. The summed E-state index contributed by atoms with van der Waals surface area (Å²) in [4.78, 5) is 12.6. The van der Waals surface area contributed by atoms with Crippen molar-refractivity contribution in [3.63, 3.8) is 0 Å². The van der Waals surface area contributed by atoms with E-state index in [9.17, 15) is 13.2 Å². The van der Waals surface area contributed by atoms with Crippen molar-refractivity contribution in [3.05, 3.63) is 47.3 Å². The average molecular weight is 367 g/mol. The van der Waals surface area contributed by atoms with E-state index in [2.05, 4.69) is 10.0 Å². The molecular weight excluding hydrogens is 344 g/mol. The number of sulfonamides is 1. The summed E-state index contributed by atoms with van der Waals surface area (Å²) in [7, 11) is -3.70. The third-order valence-electron chi connectivity index (χ3n) is 3.59. The maximum absolute atomic E-state index is 12.6. The molecule has 5 nitrogen and oxygen atoms in total. The Bertz CT molecular complexity index is 784. The highest BCUT2D eigenvalue weighted by Crippen LogP contribution is 2.18. The minimum Gasteiger partial charge on any atom is -0.325 e. The third kappa shape index (κ3) is 4.66. The van der Waals surface area contributed by atoms with E-state index in [1.54, 1.807) is 17.5 Å². The highest BCUT2D eigenvalue weighted by molar-refractivity contribution is 7.91. The standard InChI is InChI=1S/C17H22N2O3S2/c1-4-13-7-5-8-14(11-13)18-17(20)16(12(2)3)19-24(21,22)15-9-6-10-23-15/h5-12,16,19H,4H2,1-3H3,(H,18,20)/t16-/m1/s1. The lowest BCUT2D eigenvalue weighted by molar-refractivity contribution is -0.118. The quantitative estimate of drug-likeness (QED) is 0.790. The topological polar surface area (TPSA) is 75.3 Å². The number of hydrogen-bond acceptors (Lipinski definition) is 4. The molecule has 0 spiro atoms. The van der Waals surface area contributed by atoms with Crippen molar-refractivity contribution in [2.45, 2.75) is 37.4 Å². The maximum atomic E-state index is 12.6. The molecule has 0 aliphatic carbocycles. The van der Waals surface area contributed by atoms with Gasteiger partial charge in [0.15, 0.2) is 0 Å². The molecule has 130 valence electrons. The Morgan fingerprint density at radius 3 is 2.54 bits per heavy atom. The van der Waals surface area contributed by atoms with Gasteiger partial charge in [0.25, 0.3) is 10.0 Å². The Morgan fingerprint density at radius 2 is 1.96 bits per heavy atom. The zero-order valence-corrected chi connectivity index (χ0v) is 15.6. The van der Waals surface area contributed by atoms with Crippen LogP contribution in [-0.4, -0.2) is 20.4 Å². The van der Waals surface area contributed by atoms with Crippen LogP contribution in [0.25, 0.3) is 0 Å². The molecule has 2 N–H and O–H groups in total. The normalized spacial score (nSPS) is 13.0. The zero-order chi connectivity index (χ0) is 17.7. The predicted molar refractivity (Wildman–Crippen MR) is 97.7 cm³/mol. The molecule has 0 fully saturated rings. The molecule has 7 heteroatoms. The Labute approximate surface area is 147 Å². The lowest BCUT2D eigenvalue weighted by Gasteiger charge is -2.21. The van der Waals surface area contributed by atoms with Crippen LogP contribution in [0.15, 0.2) is 46.0 Å². The van der Waals surface area contributed by atoms with Crippen molar-refractivity contribution in [3.8, 4) is 0 Å². The number of aryl methyl sites for hydroxylation is 1. The number of amides is 1. The summed E-state index contributed by atoms with van der Waals surface area (Å²) in [6, 6.07) is 9.88. The van der Waals surface area contributed by atoms with Gasteiger partial charge in [-0.05, 0) is 41.5 Å². The van der Waals surface area contributed by atoms with Crippen molar-refractivity contribution < 1.29 is 13.2 Å². The molecule has 0 aliphatic heterocycles. The van der Waals surface area contributed by atoms with E-state index in [0.717, 1.165) is 23.3 Å². The van der Waals surface area contributed by atoms with Gasteiger partial charge in [0.05, 0.1) is 0 Å². The van der Waals surface area contributed by atoms with Gasteiger partial charge in [-0.25, -0.2) is 8.42 Å². The average Bonchev–Trinajstić information content (AvgIpc) is 3.08. The molecule has 1 aromatic heterocycles. The number of nitrogens with one attached hydrogen (secondary N) is 2. The summed E-state index contributed by atoms with van der Waals surface area (Å²) in [6.45, 7) is 5.65. The van der Waals surface area contributed by atoms with Gasteiger partial charge in [-0.15, -0.1) is 11.3 Å². The summed E-state index contributed by atoms with van der Waals surface area (Å²) >= 11 is 1.12. The SMILES string of the molecule is CCc1cccc(NC(=O)[C@H](NS(=O)(=O)c2cccs2)C(C)C)c1. The van der Waals surface area contributed by atoms with Crippen LogP contribution in [0, 0.1) is 5.92 Å². The van der Waals surface area contributed by atoms with E-state index < -0.39 is 16.1 Å². The van der Waals surface area contributed by atoms with Crippen LogP contribution < -0.4 is 10.0 Å². The van der Waals surface area contributed by atoms with E-state index in [1.165, 1.54) is 6.07 Å². The summed E-state index contributed by atoms with van der Waals surface area (Å²) in [5.41, 5.74) is 1.77. The van der Waals surface area contributed by atoms with Crippen LogP contribution in [0.2, 0.25) is 0 Å². The number of benzene rings is 1. The predicted octanol–water partition coefficient (Wildman–Crippen LogP) is 3.25. The summed E-state index contributed by atoms with van der Waals surface area (Å²) in [6.07, 6.45) is 0.863. The summed E-state index contributed by atoms with van der Waals surface area (Å²) < 4.78 is 27.5. The monoisotopic (exact) mass is 366 g/mol. The molecule has 2 aromatic rings. The van der Waals surface area contributed by atoms with Crippen LogP contribution in [0.1, 0.15) is 26.3 Å². The number of hydrogen-bond donors (Lipinski definition) is 2. The molecule has 0 aliphatic rings. The molecule has 1 aromatic carbocycles. The molecule has 1 amide bonds. The van der Waals surface area contributed by atoms with E-state index in [1.807, 2.05) is 39.0 Å². The fourth-order valence-electron chi connectivity index (χ4n) is 2.22. The summed E-state index contributed by atoms with van der Waals surface area (Å²) in [5.74, 6) is -0.549. The second kappa shape index (κ2) is 7.92. The number of thiophene rings is 1. The maximum Gasteiger partial charge on any atom is 0.250 e. The van der Waals surface area contributed by atoms with E-state index in [0.29, 0.717) is 5.69 Å². The number of carbonyl (C=O) groups excluding carboxylic acids is 1. The Hall–Kier alpha value is -1.70. The van der Waals surface area contributed by atoms with Gasteiger partial charge in [-0.3, -0.25) is 4.79 Å². The minimum atomic E-state index is -3.70. The Morgan fingerprint density at radius 1 is 1.21 bits per heavy atom. The van der Waals surface area contributed by atoms with E-state index in [-0.39, 0.29) is 16.0 Å². The molecular formula is C17H22N2O3S2. The second-order valence-corrected chi connectivity index (χ2v) is 8.71. The van der Waals surface area contributed by atoms with Crippen molar-refractivity contribution in [2.24, 2.45) is 5.92 Å². The molecule has 1 atom stereocenters. The summed E-state index contributed by atoms with van der Waals surface area (Å²) in [5, 5.41) is 4.49. The zero-order valence-electron chi connectivity index (χ0n) is 13.9. The number of carbonyl (C=O) groups is 1. The van der Waals surface area contributed by atoms with Crippen molar-refractivity contribution in [1.82, 2.24) is 4.72 Å². The van der Waals surface area contributed by atoms with Gasteiger partial charge < -0.3 is 5.32 Å². The Balaban J connectivity index is 2.16. The Kier molecular flexibility index (Phi) is 6.15. The highest BCUT2D eigenvalue weighted by Gasteiger charge is 2.28. The van der Waals surface area contributed by atoms with Gasteiger partial charge in [0.2, 0.25) is 5.91 Å². The van der Waals surface area contributed by atoms with Gasteiger partial charge in [-0.2, -0.15) is 4.72 Å². The fourth-order valence-corrected chi connectivity index (χ4v) is 4.58. The number of anilines is 1. The molecule has 0 radical (unpaired) electrons. The molecule has 0 saturated carbocycles. The second-order valence-electron chi connectivity index (χ2n) is 5.82. The first-order chi connectivity index (χ1) is 11.3. The van der Waals surface area contributed by atoms with Gasteiger partial charge in [-0.1, -0.05) is 39.0 Å². The molecule has 0 unspecified atom stereocenters. The lowest BCUT2D eigenvalue weighted by Crippen LogP contribution is -2.46. The third-order valence-corrected chi connectivity index (χ3v) is 6.43. The molecule has 1 heterocycles.